The van der Waals surface area contributed by atoms with E-state index in [1.165, 1.54) is 0 Å². The van der Waals surface area contributed by atoms with Crippen molar-refractivity contribution in [2.45, 2.75) is 19.3 Å². The van der Waals surface area contributed by atoms with E-state index in [4.69, 9.17) is 4.74 Å². The molecule has 0 fully saturated rings. The topological polar surface area (TPSA) is 103 Å². The first-order chi connectivity index (χ1) is 11.7. The van der Waals surface area contributed by atoms with Gasteiger partial charge in [0.15, 0.2) is 0 Å². The summed E-state index contributed by atoms with van der Waals surface area (Å²) in [6.07, 6.45) is 3.30. The van der Waals surface area contributed by atoms with Crippen LogP contribution in [0.3, 0.4) is 0 Å². The van der Waals surface area contributed by atoms with Crippen molar-refractivity contribution in [2.75, 3.05) is 6.54 Å². The van der Waals surface area contributed by atoms with E-state index in [9.17, 15) is 4.79 Å². The molecule has 4 rings (SSSR count). The molecule has 0 spiro atoms. The summed E-state index contributed by atoms with van der Waals surface area (Å²) in [6.45, 7) is 1.36. The van der Waals surface area contributed by atoms with Crippen molar-refractivity contribution in [1.82, 2.24) is 35.1 Å². The number of aromatic nitrogens is 6. The molecule has 1 unspecified atom stereocenters. The fraction of sp³-hybridized carbons (Fsp3) is 0.333. The molecule has 0 saturated heterocycles. The minimum Gasteiger partial charge on any atom is -0.368 e. The summed E-state index contributed by atoms with van der Waals surface area (Å²) in [5.74, 6) is -0.149. The number of nitrogens with zero attached hydrogens (tertiary/aromatic N) is 5. The maximum absolute atomic E-state index is 11.9. The van der Waals surface area contributed by atoms with Crippen molar-refractivity contribution < 1.29 is 9.53 Å². The molecule has 1 aliphatic rings. The van der Waals surface area contributed by atoms with Gasteiger partial charge >= 0.3 is 0 Å². The molecule has 9 heteroatoms. The fourth-order valence-corrected chi connectivity index (χ4v) is 2.77. The Morgan fingerprint density at radius 1 is 1.50 bits per heavy atom. The van der Waals surface area contributed by atoms with Gasteiger partial charge in [-0.1, -0.05) is 5.21 Å². The Morgan fingerprint density at radius 3 is 3.17 bits per heavy atom. The molecule has 124 valence electrons. The zero-order valence-corrected chi connectivity index (χ0v) is 13.1. The molecular formula is C15H17N7O2. The van der Waals surface area contributed by atoms with Crippen molar-refractivity contribution in [3.8, 4) is 11.4 Å². The van der Waals surface area contributed by atoms with Gasteiger partial charge in [0.05, 0.1) is 30.6 Å². The van der Waals surface area contributed by atoms with E-state index < -0.39 is 0 Å². The number of aromatic amines is 1. The van der Waals surface area contributed by atoms with E-state index >= 15 is 0 Å². The first kappa shape index (κ1) is 14.6. The van der Waals surface area contributed by atoms with Gasteiger partial charge in [0, 0.05) is 26.0 Å². The number of hydrogen-bond donors (Lipinski definition) is 2. The Morgan fingerprint density at radius 2 is 2.42 bits per heavy atom. The van der Waals surface area contributed by atoms with Gasteiger partial charge in [-0.15, -0.1) is 5.10 Å². The van der Waals surface area contributed by atoms with Crippen LogP contribution >= 0.6 is 0 Å². The van der Waals surface area contributed by atoms with Gasteiger partial charge in [-0.05, 0) is 18.2 Å². The highest BCUT2D eigenvalue weighted by Gasteiger charge is 2.25. The minimum absolute atomic E-state index is 0.141. The van der Waals surface area contributed by atoms with Crippen LogP contribution in [0.1, 0.15) is 16.2 Å². The smallest absolute Gasteiger partial charge is 0.267 e. The van der Waals surface area contributed by atoms with E-state index in [0.717, 1.165) is 17.1 Å². The zero-order valence-electron chi connectivity index (χ0n) is 13.1. The largest absolute Gasteiger partial charge is 0.368 e. The third-order valence-electron chi connectivity index (χ3n) is 4.07. The van der Waals surface area contributed by atoms with Crippen LogP contribution in [0.25, 0.3) is 11.4 Å². The van der Waals surface area contributed by atoms with Crippen LogP contribution in [0.5, 0.6) is 0 Å². The molecule has 3 aromatic heterocycles. The SMILES string of the molecule is Cn1nccc1-c1nnn2c1COC(CNC(=O)c1ccc[nH]1)C2. The van der Waals surface area contributed by atoms with Gasteiger partial charge in [-0.3, -0.25) is 9.48 Å². The van der Waals surface area contributed by atoms with Crippen molar-refractivity contribution in [3.63, 3.8) is 0 Å². The summed E-state index contributed by atoms with van der Waals surface area (Å²) in [4.78, 5) is 14.8. The number of aryl methyl sites for hydroxylation is 1. The maximum Gasteiger partial charge on any atom is 0.267 e. The molecule has 0 aromatic carbocycles. The lowest BCUT2D eigenvalue weighted by molar-refractivity contribution is 0.00172. The number of H-pyrrole nitrogens is 1. The van der Waals surface area contributed by atoms with Crippen LogP contribution < -0.4 is 5.32 Å². The summed E-state index contributed by atoms with van der Waals surface area (Å²) in [7, 11) is 1.86. The van der Waals surface area contributed by atoms with Crippen molar-refractivity contribution in [1.29, 1.82) is 0 Å². The highest BCUT2D eigenvalue weighted by molar-refractivity contribution is 5.92. The standard InChI is InChI=1S/C15H17N7O2/c1-21-12(4-6-18-21)14-13-9-24-10(8-22(13)20-19-14)7-17-15(23)11-3-2-5-16-11/h2-6,10,16H,7-9H2,1H3,(H,17,23). The number of rotatable bonds is 4. The molecule has 4 heterocycles. The van der Waals surface area contributed by atoms with E-state index in [0.29, 0.717) is 25.4 Å². The normalized spacial score (nSPS) is 16.8. The number of ether oxygens (including phenoxy) is 1. The lowest BCUT2D eigenvalue weighted by Crippen LogP contribution is -2.39. The third-order valence-corrected chi connectivity index (χ3v) is 4.07. The molecule has 24 heavy (non-hydrogen) atoms. The van der Waals surface area contributed by atoms with Crippen molar-refractivity contribution >= 4 is 5.91 Å². The molecule has 0 aliphatic carbocycles. The van der Waals surface area contributed by atoms with E-state index in [1.807, 2.05) is 17.8 Å². The maximum atomic E-state index is 11.9. The molecule has 1 amide bonds. The highest BCUT2D eigenvalue weighted by Crippen LogP contribution is 2.24. The summed E-state index contributed by atoms with van der Waals surface area (Å²) in [5.41, 5.74) is 3.14. The van der Waals surface area contributed by atoms with Gasteiger partial charge in [0.2, 0.25) is 0 Å². The summed E-state index contributed by atoms with van der Waals surface area (Å²) >= 11 is 0. The molecule has 9 nitrogen and oxygen atoms in total. The molecule has 1 atom stereocenters. The van der Waals surface area contributed by atoms with Crippen LogP contribution in [0.2, 0.25) is 0 Å². The number of carbonyl (C=O) groups excluding carboxylic acids is 1. The van der Waals surface area contributed by atoms with Gasteiger partial charge in [0.25, 0.3) is 5.91 Å². The minimum atomic E-state index is -0.149. The number of nitrogens with one attached hydrogen (secondary N) is 2. The molecule has 0 bridgehead atoms. The zero-order chi connectivity index (χ0) is 16.5. The van der Waals surface area contributed by atoms with E-state index in [-0.39, 0.29) is 12.0 Å². The van der Waals surface area contributed by atoms with E-state index in [2.05, 4.69) is 25.7 Å². The average molecular weight is 327 g/mol. The monoisotopic (exact) mass is 327 g/mol. The first-order valence-electron chi connectivity index (χ1n) is 7.66. The second kappa shape index (κ2) is 5.93. The number of amides is 1. The van der Waals surface area contributed by atoms with Gasteiger partial charge in [-0.2, -0.15) is 5.10 Å². The predicted octanol–water partition coefficient (Wildman–Crippen LogP) is 0.335. The first-order valence-corrected chi connectivity index (χ1v) is 7.66. The second-order valence-electron chi connectivity index (χ2n) is 5.63. The third kappa shape index (κ3) is 2.58. The predicted molar refractivity (Wildman–Crippen MR) is 83.9 cm³/mol. The van der Waals surface area contributed by atoms with Crippen LogP contribution in [0, 0.1) is 0 Å². The lowest BCUT2D eigenvalue weighted by atomic mass is 10.2. The molecule has 0 saturated carbocycles. The molecular weight excluding hydrogens is 310 g/mol. The van der Waals surface area contributed by atoms with Crippen LogP contribution in [0.15, 0.2) is 30.6 Å². The summed E-state index contributed by atoms with van der Waals surface area (Å²) in [5, 5.41) is 15.5. The van der Waals surface area contributed by atoms with Crippen LogP contribution in [0.4, 0.5) is 0 Å². The van der Waals surface area contributed by atoms with Gasteiger partial charge < -0.3 is 15.0 Å². The van der Waals surface area contributed by atoms with Gasteiger partial charge in [0.1, 0.15) is 11.4 Å². The number of carbonyl (C=O) groups is 1. The summed E-state index contributed by atoms with van der Waals surface area (Å²) in [6, 6.07) is 5.41. The molecule has 0 radical (unpaired) electrons. The fourth-order valence-electron chi connectivity index (χ4n) is 2.77. The average Bonchev–Trinajstić information content (AvgIpc) is 3.32. The molecule has 2 N–H and O–H groups in total. The quantitative estimate of drug-likeness (QED) is 0.719. The highest BCUT2D eigenvalue weighted by atomic mass is 16.5. The Bertz CT molecular complexity index is 849. The Labute approximate surface area is 137 Å². The molecule has 1 aliphatic heterocycles. The summed E-state index contributed by atoms with van der Waals surface area (Å²) < 4.78 is 9.44. The van der Waals surface area contributed by atoms with Crippen LogP contribution in [-0.4, -0.2) is 48.3 Å². The van der Waals surface area contributed by atoms with Crippen LogP contribution in [-0.2, 0) is 24.9 Å². The van der Waals surface area contributed by atoms with E-state index in [1.54, 1.807) is 29.2 Å². The Kier molecular flexibility index (Phi) is 3.62. The van der Waals surface area contributed by atoms with Gasteiger partial charge in [-0.25, -0.2) is 4.68 Å². The lowest BCUT2D eigenvalue weighted by Gasteiger charge is -2.24. The Balaban J connectivity index is 1.43. The van der Waals surface area contributed by atoms with Crippen molar-refractivity contribution in [2.24, 2.45) is 7.05 Å². The second-order valence-corrected chi connectivity index (χ2v) is 5.63. The molecule has 3 aromatic rings. The Hall–Kier alpha value is -2.94. The van der Waals surface area contributed by atoms with Crippen molar-refractivity contribution in [3.05, 3.63) is 42.0 Å². The number of hydrogen-bond acceptors (Lipinski definition) is 5. The number of fused-ring (bicyclic) bond motifs is 1.